The Bertz CT molecular complexity index is 697. The molecule has 2 amide bonds. The lowest BCUT2D eigenvalue weighted by molar-refractivity contribution is -0.139. The summed E-state index contributed by atoms with van der Waals surface area (Å²) in [6.45, 7) is 2.62. The molecule has 0 saturated carbocycles. The standard InChI is InChI=1S/C18H19N3O3/c1-2-19-17(22)18(23)21-20-12-14-8-10-16(11-9-14)24-13-15-6-4-3-5-7-15/h3-12H,2,13H2,1H3,(H,19,22)(H,21,23)/b20-12-. The van der Waals surface area contributed by atoms with Crippen molar-refractivity contribution in [2.24, 2.45) is 5.10 Å². The van der Waals surface area contributed by atoms with E-state index in [9.17, 15) is 9.59 Å². The molecule has 6 heteroatoms. The normalized spacial score (nSPS) is 10.4. The van der Waals surface area contributed by atoms with Crippen molar-refractivity contribution in [3.05, 3.63) is 65.7 Å². The number of carbonyl (C=O) groups excluding carboxylic acids is 2. The molecule has 0 radical (unpaired) electrons. The van der Waals surface area contributed by atoms with Crippen molar-refractivity contribution in [2.45, 2.75) is 13.5 Å². The molecule has 0 aromatic heterocycles. The van der Waals surface area contributed by atoms with E-state index in [1.54, 1.807) is 6.92 Å². The van der Waals surface area contributed by atoms with Gasteiger partial charge in [0.05, 0.1) is 6.21 Å². The second-order valence-corrected chi connectivity index (χ2v) is 4.90. The molecule has 124 valence electrons. The minimum absolute atomic E-state index is 0.389. The maximum absolute atomic E-state index is 11.3. The Balaban J connectivity index is 1.82. The molecular weight excluding hydrogens is 306 g/mol. The molecule has 2 aromatic carbocycles. The number of nitrogens with zero attached hydrogens (tertiary/aromatic N) is 1. The first-order valence-corrected chi connectivity index (χ1v) is 7.57. The third-order valence-corrected chi connectivity index (χ3v) is 3.05. The van der Waals surface area contributed by atoms with Gasteiger partial charge in [-0.05, 0) is 42.3 Å². The number of benzene rings is 2. The van der Waals surface area contributed by atoms with E-state index in [4.69, 9.17) is 4.74 Å². The van der Waals surface area contributed by atoms with Gasteiger partial charge in [0.2, 0.25) is 0 Å². The van der Waals surface area contributed by atoms with Gasteiger partial charge in [-0.1, -0.05) is 30.3 Å². The molecular formula is C18H19N3O3. The lowest BCUT2D eigenvalue weighted by atomic mass is 10.2. The van der Waals surface area contributed by atoms with E-state index >= 15 is 0 Å². The molecule has 0 fully saturated rings. The minimum Gasteiger partial charge on any atom is -0.489 e. The van der Waals surface area contributed by atoms with E-state index in [0.717, 1.165) is 16.9 Å². The fraction of sp³-hybridized carbons (Fsp3) is 0.167. The number of nitrogens with one attached hydrogen (secondary N) is 2. The van der Waals surface area contributed by atoms with Gasteiger partial charge in [-0.3, -0.25) is 9.59 Å². The molecule has 0 bridgehead atoms. The van der Waals surface area contributed by atoms with E-state index in [1.165, 1.54) is 6.21 Å². The van der Waals surface area contributed by atoms with Crippen LogP contribution in [0.25, 0.3) is 0 Å². The minimum atomic E-state index is -0.795. The van der Waals surface area contributed by atoms with Crippen LogP contribution in [0.4, 0.5) is 0 Å². The van der Waals surface area contributed by atoms with Gasteiger partial charge in [0.15, 0.2) is 0 Å². The van der Waals surface area contributed by atoms with Crippen LogP contribution in [0.2, 0.25) is 0 Å². The van der Waals surface area contributed by atoms with Crippen molar-refractivity contribution in [1.82, 2.24) is 10.7 Å². The predicted octanol–water partition coefficient (Wildman–Crippen LogP) is 1.85. The molecule has 2 rings (SSSR count). The van der Waals surface area contributed by atoms with Crippen molar-refractivity contribution in [3.8, 4) is 5.75 Å². The molecule has 2 aromatic rings. The van der Waals surface area contributed by atoms with Gasteiger partial charge in [0, 0.05) is 6.54 Å². The summed E-state index contributed by atoms with van der Waals surface area (Å²) in [5.41, 5.74) is 4.03. The first-order valence-electron chi connectivity index (χ1n) is 7.57. The smallest absolute Gasteiger partial charge is 0.329 e. The van der Waals surface area contributed by atoms with Gasteiger partial charge < -0.3 is 10.1 Å². The number of hydrogen-bond donors (Lipinski definition) is 2. The summed E-state index contributed by atoms with van der Waals surface area (Å²) >= 11 is 0. The highest BCUT2D eigenvalue weighted by Crippen LogP contribution is 2.13. The first kappa shape index (κ1) is 17.2. The van der Waals surface area contributed by atoms with E-state index in [-0.39, 0.29) is 0 Å². The summed E-state index contributed by atoms with van der Waals surface area (Å²) in [7, 11) is 0. The monoisotopic (exact) mass is 325 g/mol. The molecule has 0 atom stereocenters. The molecule has 0 spiro atoms. The Morgan fingerprint density at radius 3 is 2.42 bits per heavy atom. The Morgan fingerprint density at radius 2 is 1.75 bits per heavy atom. The molecule has 24 heavy (non-hydrogen) atoms. The summed E-state index contributed by atoms with van der Waals surface area (Å²) in [5, 5.41) is 6.13. The van der Waals surface area contributed by atoms with Crippen LogP contribution in [0.3, 0.4) is 0 Å². The van der Waals surface area contributed by atoms with Crippen molar-refractivity contribution in [2.75, 3.05) is 6.54 Å². The third kappa shape index (κ3) is 5.57. The lowest BCUT2D eigenvalue weighted by Crippen LogP contribution is -2.37. The van der Waals surface area contributed by atoms with Gasteiger partial charge in [0.1, 0.15) is 12.4 Å². The fourth-order valence-electron chi connectivity index (χ4n) is 1.85. The van der Waals surface area contributed by atoms with Crippen LogP contribution in [0.15, 0.2) is 59.7 Å². The number of carbonyl (C=O) groups is 2. The average Bonchev–Trinajstić information content (AvgIpc) is 2.62. The fourth-order valence-corrected chi connectivity index (χ4v) is 1.85. The molecule has 0 aliphatic carbocycles. The van der Waals surface area contributed by atoms with Crippen LogP contribution >= 0.6 is 0 Å². The first-order chi connectivity index (χ1) is 11.7. The Morgan fingerprint density at radius 1 is 1.04 bits per heavy atom. The highest BCUT2D eigenvalue weighted by atomic mass is 16.5. The molecule has 6 nitrogen and oxygen atoms in total. The molecule has 0 heterocycles. The zero-order chi connectivity index (χ0) is 17.2. The number of likely N-dealkylation sites (N-methyl/N-ethyl adjacent to an activating group) is 1. The number of amides is 2. The van der Waals surface area contributed by atoms with Gasteiger partial charge >= 0.3 is 11.8 Å². The number of rotatable bonds is 6. The van der Waals surface area contributed by atoms with Crippen molar-refractivity contribution in [3.63, 3.8) is 0 Å². The molecule has 0 saturated heterocycles. The van der Waals surface area contributed by atoms with Crippen molar-refractivity contribution >= 4 is 18.0 Å². The van der Waals surface area contributed by atoms with Crippen LogP contribution in [0.5, 0.6) is 5.75 Å². The van der Waals surface area contributed by atoms with Crippen molar-refractivity contribution < 1.29 is 14.3 Å². The van der Waals surface area contributed by atoms with Crippen LogP contribution in [0, 0.1) is 0 Å². The largest absolute Gasteiger partial charge is 0.489 e. The Hall–Kier alpha value is -3.15. The topological polar surface area (TPSA) is 79.8 Å². The average molecular weight is 325 g/mol. The van der Waals surface area contributed by atoms with Gasteiger partial charge in [0.25, 0.3) is 0 Å². The van der Waals surface area contributed by atoms with E-state index in [0.29, 0.717) is 13.2 Å². The maximum Gasteiger partial charge on any atom is 0.329 e. The van der Waals surface area contributed by atoms with Crippen LogP contribution in [-0.2, 0) is 16.2 Å². The molecule has 0 aliphatic rings. The van der Waals surface area contributed by atoms with Crippen molar-refractivity contribution in [1.29, 1.82) is 0 Å². The van der Waals surface area contributed by atoms with E-state index in [2.05, 4.69) is 15.8 Å². The highest BCUT2D eigenvalue weighted by Gasteiger charge is 2.09. The Kier molecular flexibility index (Phi) is 6.52. The number of hydrazone groups is 1. The highest BCUT2D eigenvalue weighted by molar-refractivity contribution is 6.35. The molecule has 0 unspecified atom stereocenters. The Labute approximate surface area is 140 Å². The lowest BCUT2D eigenvalue weighted by Gasteiger charge is -2.06. The predicted molar refractivity (Wildman–Crippen MR) is 91.6 cm³/mol. The van der Waals surface area contributed by atoms with Crippen LogP contribution < -0.4 is 15.5 Å². The van der Waals surface area contributed by atoms with E-state index in [1.807, 2.05) is 54.6 Å². The molecule has 0 aliphatic heterocycles. The zero-order valence-corrected chi connectivity index (χ0v) is 13.4. The van der Waals surface area contributed by atoms with Gasteiger partial charge in [-0.25, -0.2) is 5.43 Å². The van der Waals surface area contributed by atoms with Crippen LogP contribution in [0.1, 0.15) is 18.1 Å². The summed E-state index contributed by atoms with van der Waals surface area (Å²) in [4.78, 5) is 22.5. The number of hydrogen-bond acceptors (Lipinski definition) is 4. The zero-order valence-electron chi connectivity index (χ0n) is 13.4. The SMILES string of the molecule is CCNC(=O)C(=O)N/N=C\c1ccc(OCc2ccccc2)cc1. The van der Waals surface area contributed by atoms with Crippen LogP contribution in [-0.4, -0.2) is 24.6 Å². The summed E-state index contributed by atoms with van der Waals surface area (Å²) in [5.74, 6) is -0.766. The van der Waals surface area contributed by atoms with Gasteiger partial charge in [-0.15, -0.1) is 0 Å². The summed E-state index contributed by atoms with van der Waals surface area (Å²) in [6, 6.07) is 17.1. The molecule has 2 N–H and O–H groups in total. The van der Waals surface area contributed by atoms with Gasteiger partial charge in [-0.2, -0.15) is 5.10 Å². The second-order valence-electron chi connectivity index (χ2n) is 4.90. The third-order valence-electron chi connectivity index (χ3n) is 3.05. The maximum atomic E-state index is 11.3. The quantitative estimate of drug-likeness (QED) is 0.483. The van der Waals surface area contributed by atoms with E-state index < -0.39 is 11.8 Å². The summed E-state index contributed by atoms with van der Waals surface area (Å²) < 4.78 is 5.68. The summed E-state index contributed by atoms with van der Waals surface area (Å²) in [6.07, 6.45) is 1.46. The number of ether oxygens (including phenoxy) is 1. The second kappa shape index (κ2) is 9.09.